The highest BCUT2D eigenvalue weighted by molar-refractivity contribution is 6.17. The minimum Gasteiger partial charge on any atom is -0.493 e. The van der Waals surface area contributed by atoms with Crippen LogP contribution < -0.4 is 34.9 Å². The highest BCUT2D eigenvalue weighted by Gasteiger charge is 2.19. The van der Waals surface area contributed by atoms with Gasteiger partial charge in [0.05, 0.1) is 27.4 Å². The van der Waals surface area contributed by atoms with E-state index in [2.05, 4.69) is 61.6 Å². The normalized spacial score (nSPS) is 16.3. The summed E-state index contributed by atoms with van der Waals surface area (Å²) >= 11 is 5.68. The molecule has 300 valence electrons. The summed E-state index contributed by atoms with van der Waals surface area (Å²) in [5.41, 5.74) is 3.00. The van der Waals surface area contributed by atoms with Crippen molar-refractivity contribution in [3.63, 3.8) is 0 Å². The van der Waals surface area contributed by atoms with E-state index in [1.165, 1.54) is 38.8 Å². The van der Waals surface area contributed by atoms with Gasteiger partial charge in [0.1, 0.15) is 11.6 Å². The molecule has 55 heavy (non-hydrogen) atoms. The smallest absolute Gasteiger partial charge is 0.229 e. The van der Waals surface area contributed by atoms with Crippen molar-refractivity contribution in [2.24, 2.45) is 0 Å². The van der Waals surface area contributed by atoms with Crippen LogP contribution in [0.1, 0.15) is 76.4 Å². The molecule has 4 heterocycles. The number of likely N-dealkylation sites (tertiary alicyclic amines) is 1. The van der Waals surface area contributed by atoms with E-state index in [9.17, 15) is 0 Å². The van der Waals surface area contributed by atoms with Gasteiger partial charge >= 0.3 is 0 Å². The molecule has 2 aromatic heterocycles. The SMILES string of the molecule is CC1CCCN1.CCc1ccnc(Cc2ccc(OC)c(OCCCCl)c2)n1.CNc1ccnc(Nc2ccc(OC)c(OCCCN3CCCC3C)c2)n1. The Labute approximate surface area is 333 Å². The molecule has 2 aliphatic rings. The van der Waals surface area contributed by atoms with Crippen LogP contribution in [0.25, 0.3) is 0 Å². The number of nitrogens with one attached hydrogen (secondary N) is 3. The first kappa shape index (κ1) is 43.3. The van der Waals surface area contributed by atoms with E-state index in [4.69, 9.17) is 30.5 Å². The van der Waals surface area contributed by atoms with Crippen LogP contribution in [0.2, 0.25) is 0 Å². The van der Waals surface area contributed by atoms with Crippen molar-refractivity contribution in [2.75, 3.05) is 70.6 Å². The monoisotopic (exact) mass is 776 g/mol. The maximum absolute atomic E-state index is 6.00. The molecule has 2 atom stereocenters. The zero-order valence-electron chi connectivity index (χ0n) is 33.6. The number of rotatable bonds is 17. The molecular weight excluding hydrogens is 716 g/mol. The zero-order chi connectivity index (χ0) is 39.3. The van der Waals surface area contributed by atoms with Crippen LogP contribution in [-0.2, 0) is 12.8 Å². The molecule has 2 unspecified atom stereocenters. The maximum atomic E-state index is 6.00. The van der Waals surface area contributed by atoms with E-state index in [1.807, 2.05) is 61.8 Å². The summed E-state index contributed by atoms with van der Waals surface area (Å²) in [6.45, 7) is 11.4. The molecule has 0 spiro atoms. The van der Waals surface area contributed by atoms with Crippen molar-refractivity contribution in [1.82, 2.24) is 30.2 Å². The number of ether oxygens (including phenoxy) is 4. The van der Waals surface area contributed by atoms with Gasteiger partial charge in [0.2, 0.25) is 5.95 Å². The Balaban J connectivity index is 0.000000215. The van der Waals surface area contributed by atoms with E-state index in [1.54, 1.807) is 20.4 Å². The molecule has 2 fully saturated rings. The largest absolute Gasteiger partial charge is 0.493 e. The van der Waals surface area contributed by atoms with Crippen LogP contribution in [-0.4, -0.2) is 96.9 Å². The van der Waals surface area contributed by atoms with Crippen molar-refractivity contribution in [3.05, 3.63) is 78.0 Å². The first-order valence-electron chi connectivity index (χ1n) is 19.6. The van der Waals surface area contributed by atoms with Crippen LogP contribution in [0.5, 0.6) is 23.0 Å². The molecule has 0 amide bonds. The second-order valence-electron chi connectivity index (χ2n) is 13.6. The molecule has 2 aromatic carbocycles. The predicted molar refractivity (Wildman–Crippen MR) is 223 cm³/mol. The van der Waals surface area contributed by atoms with Gasteiger partial charge in [0.15, 0.2) is 23.0 Å². The molecule has 0 aliphatic carbocycles. The van der Waals surface area contributed by atoms with Gasteiger partial charge in [-0.05, 0) is 114 Å². The summed E-state index contributed by atoms with van der Waals surface area (Å²) < 4.78 is 22.5. The van der Waals surface area contributed by atoms with Gasteiger partial charge < -0.3 is 39.8 Å². The summed E-state index contributed by atoms with van der Waals surface area (Å²) in [5.74, 6) is 5.59. The van der Waals surface area contributed by atoms with Crippen molar-refractivity contribution < 1.29 is 18.9 Å². The molecule has 12 nitrogen and oxygen atoms in total. The molecule has 0 bridgehead atoms. The van der Waals surface area contributed by atoms with Crippen LogP contribution in [0.4, 0.5) is 17.5 Å². The molecule has 0 radical (unpaired) electrons. The number of anilines is 3. The fraction of sp³-hybridized carbons (Fsp3) is 0.524. The third-order valence-electron chi connectivity index (χ3n) is 9.43. The van der Waals surface area contributed by atoms with E-state index < -0.39 is 0 Å². The average Bonchev–Trinajstić information content (AvgIpc) is 3.87. The first-order valence-corrected chi connectivity index (χ1v) is 20.1. The standard InChI is InChI=1S/C20H29N5O2.C17H21ClN2O2.C5H11N/c1-15-6-4-11-25(15)12-5-13-27-18-14-16(7-8-17(18)26-3)23-20-22-10-9-19(21-2)24-20;1-3-14-7-9-19-17(20-14)12-13-5-6-15(21-2)16(11-13)22-10-4-8-18;1-5-3-2-4-6-5/h7-10,14-15H,4-6,11-13H2,1-3H3,(H2,21,22,23,24);5-7,9,11H,3-4,8,10,12H2,1-2H3;5-6H,2-4H2,1H3. The third-order valence-corrected chi connectivity index (χ3v) is 9.69. The summed E-state index contributed by atoms with van der Waals surface area (Å²) in [7, 11) is 5.12. The Bertz CT molecular complexity index is 1690. The number of halogens is 1. The minimum absolute atomic E-state index is 0.529. The number of aromatic nitrogens is 4. The molecule has 2 saturated heterocycles. The second-order valence-corrected chi connectivity index (χ2v) is 14.0. The van der Waals surface area contributed by atoms with Crippen LogP contribution in [0.3, 0.4) is 0 Å². The fourth-order valence-corrected chi connectivity index (χ4v) is 6.38. The molecule has 13 heteroatoms. The summed E-state index contributed by atoms with van der Waals surface area (Å²) in [6.07, 6.45) is 12.3. The first-order chi connectivity index (χ1) is 26.8. The minimum atomic E-state index is 0.529. The van der Waals surface area contributed by atoms with Crippen LogP contribution >= 0.6 is 11.6 Å². The van der Waals surface area contributed by atoms with E-state index in [0.29, 0.717) is 37.5 Å². The number of nitrogens with zero attached hydrogens (tertiary/aromatic N) is 5. The van der Waals surface area contributed by atoms with Crippen molar-refractivity contribution in [1.29, 1.82) is 0 Å². The Hall–Kier alpha value is -4.39. The zero-order valence-corrected chi connectivity index (χ0v) is 34.3. The highest BCUT2D eigenvalue weighted by atomic mass is 35.5. The quantitative estimate of drug-likeness (QED) is 0.0712. The number of hydrogen-bond acceptors (Lipinski definition) is 12. The topological polar surface area (TPSA) is 128 Å². The van der Waals surface area contributed by atoms with Gasteiger partial charge in [-0.15, -0.1) is 11.6 Å². The van der Waals surface area contributed by atoms with Gasteiger partial charge in [-0.25, -0.2) is 15.0 Å². The lowest BCUT2D eigenvalue weighted by Gasteiger charge is -2.21. The summed E-state index contributed by atoms with van der Waals surface area (Å²) in [4.78, 5) is 20.0. The number of aryl methyl sites for hydroxylation is 1. The molecule has 0 saturated carbocycles. The van der Waals surface area contributed by atoms with Gasteiger partial charge in [0.25, 0.3) is 0 Å². The second kappa shape index (κ2) is 24.2. The third kappa shape index (κ3) is 15.0. The van der Waals surface area contributed by atoms with E-state index in [0.717, 1.165) is 83.4 Å². The van der Waals surface area contributed by atoms with Gasteiger partial charge in [-0.2, -0.15) is 4.98 Å². The highest BCUT2D eigenvalue weighted by Crippen LogP contribution is 2.32. The predicted octanol–water partition coefficient (Wildman–Crippen LogP) is 7.93. The van der Waals surface area contributed by atoms with Crippen LogP contribution in [0, 0.1) is 0 Å². The Morgan fingerprint density at radius 2 is 1.60 bits per heavy atom. The van der Waals surface area contributed by atoms with Gasteiger partial charge in [-0.1, -0.05) is 13.0 Å². The lowest BCUT2D eigenvalue weighted by atomic mass is 10.1. The molecule has 6 rings (SSSR count). The van der Waals surface area contributed by atoms with Crippen molar-refractivity contribution in [3.8, 4) is 23.0 Å². The van der Waals surface area contributed by atoms with Gasteiger partial charge in [-0.3, -0.25) is 0 Å². The number of hydrogen-bond donors (Lipinski definition) is 3. The molecule has 4 aromatic rings. The maximum Gasteiger partial charge on any atom is 0.229 e. The molecule has 2 aliphatic heterocycles. The van der Waals surface area contributed by atoms with Gasteiger partial charge in [0, 0.05) is 67.8 Å². The Morgan fingerprint density at radius 3 is 2.24 bits per heavy atom. The van der Waals surface area contributed by atoms with Crippen molar-refractivity contribution in [2.45, 2.75) is 84.2 Å². The number of alkyl halides is 1. The fourth-order valence-electron chi connectivity index (χ4n) is 6.27. The lowest BCUT2D eigenvalue weighted by Crippen LogP contribution is -2.28. The molecule has 3 N–H and O–H groups in total. The number of benzene rings is 2. The average molecular weight is 777 g/mol. The molecular formula is C42H61ClN8O4. The Kier molecular flexibility index (Phi) is 19.1. The van der Waals surface area contributed by atoms with E-state index >= 15 is 0 Å². The van der Waals surface area contributed by atoms with Crippen LogP contribution in [0.15, 0.2) is 60.9 Å². The van der Waals surface area contributed by atoms with E-state index in [-0.39, 0.29) is 0 Å². The summed E-state index contributed by atoms with van der Waals surface area (Å²) in [5, 5.41) is 9.53. The Morgan fingerprint density at radius 1 is 0.855 bits per heavy atom. The number of methoxy groups -OCH3 is 2. The lowest BCUT2D eigenvalue weighted by molar-refractivity contribution is 0.226. The summed E-state index contributed by atoms with van der Waals surface area (Å²) in [6, 6.07) is 16.9. The van der Waals surface area contributed by atoms with Crippen molar-refractivity contribution >= 4 is 29.1 Å².